The molecule has 1 aromatic carbocycles. The van der Waals surface area contributed by atoms with E-state index >= 15 is 0 Å². The van der Waals surface area contributed by atoms with Crippen molar-refractivity contribution in [2.75, 3.05) is 6.26 Å². The molecular formula is C11H11ClN2O2S. The smallest absolute Gasteiger partial charge is 0.153 e. The first-order valence-electron chi connectivity index (χ1n) is 4.92. The molecule has 0 aliphatic rings. The van der Waals surface area contributed by atoms with Crippen LogP contribution in [0.1, 0.15) is 5.69 Å². The highest BCUT2D eigenvalue weighted by atomic mass is 35.5. The molecule has 6 heteroatoms. The lowest BCUT2D eigenvalue weighted by Gasteiger charge is -1.95. The minimum atomic E-state index is -3.05. The number of halogens is 1. The number of aromatic nitrogens is 2. The lowest BCUT2D eigenvalue weighted by molar-refractivity contribution is 0.600. The van der Waals surface area contributed by atoms with Crippen molar-refractivity contribution < 1.29 is 8.42 Å². The van der Waals surface area contributed by atoms with Gasteiger partial charge in [0, 0.05) is 16.8 Å². The highest BCUT2D eigenvalue weighted by Crippen LogP contribution is 2.20. The molecule has 17 heavy (non-hydrogen) atoms. The third kappa shape index (κ3) is 3.31. The van der Waals surface area contributed by atoms with Gasteiger partial charge >= 0.3 is 0 Å². The first-order chi connectivity index (χ1) is 7.94. The summed E-state index contributed by atoms with van der Waals surface area (Å²) in [6.07, 6.45) is 1.19. The summed E-state index contributed by atoms with van der Waals surface area (Å²) < 4.78 is 22.3. The number of nitrogens with one attached hydrogen (secondary N) is 1. The average Bonchev–Trinajstić information content (AvgIpc) is 2.64. The average molecular weight is 271 g/mol. The van der Waals surface area contributed by atoms with E-state index in [-0.39, 0.29) is 5.75 Å². The zero-order valence-electron chi connectivity index (χ0n) is 9.14. The van der Waals surface area contributed by atoms with Gasteiger partial charge in [0.1, 0.15) is 0 Å². The Morgan fingerprint density at radius 2 is 1.94 bits per heavy atom. The molecule has 0 saturated carbocycles. The van der Waals surface area contributed by atoms with Crippen LogP contribution in [0.3, 0.4) is 0 Å². The number of sulfone groups is 1. The van der Waals surface area contributed by atoms with Crippen molar-refractivity contribution >= 4 is 21.4 Å². The van der Waals surface area contributed by atoms with E-state index in [2.05, 4.69) is 10.2 Å². The number of hydrogen-bond donors (Lipinski definition) is 1. The summed E-state index contributed by atoms with van der Waals surface area (Å²) in [5.74, 6) is -0.0341. The molecule has 2 aromatic rings. The second kappa shape index (κ2) is 4.50. The Bertz CT molecular complexity index is 617. The van der Waals surface area contributed by atoms with Crippen LogP contribution in [-0.4, -0.2) is 24.9 Å². The van der Waals surface area contributed by atoms with Gasteiger partial charge in [0.05, 0.1) is 17.1 Å². The summed E-state index contributed by atoms with van der Waals surface area (Å²) in [7, 11) is -3.05. The summed E-state index contributed by atoms with van der Waals surface area (Å²) in [5.41, 5.74) is 2.18. The first-order valence-corrected chi connectivity index (χ1v) is 7.36. The molecule has 90 valence electrons. The zero-order chi connectivity index (χ0) is 12.5. The predicted octanol–water partition coefficient (Wildman–Crippen LogP) is 2.27. The quantitative estimate of drug-likeness (QED) is 0.931. The number of rotatable bonds is 3. The molecule has 0 amide bonds. The maximum Gasteiger partial charge on any atom is 0.153 e. The van der Waals surface area contributed by atoms with Crippen LogP contribution in [0.25, 0.3) is 11.3 Å². The van der Waals surface area contributed by atoms with E-state index in [9.17, 15) is 8.42 Å². The monoisotopic (exact) mass is 270 g/mol. The normalized spacial score (nSPS) is 11.6. The SMILES string of the molecule is CS(=O)(=O)Cc1cc(-c2ccc(Cl)cc2)n[nH]1. The van der Waals surface area contributed by atoms with Crippen molar-refractivity contribution in [1.29, 1.82) is 0 Å². The van der Waals surface area contributed by atoms with Crippen LogP contribution in [0.5, 0.6) is 0 Å². The molecule has 2 rings (SSSR count). The van der Waals surface area contributed by atoms with Crippen LogP contribution in [-0.2, 0) is 15.6 Å². The number of benzene rings is 1. The molecule has 0 atom stereocenters. The van der Waals surface area contributed by atoms with Gasteiger partial charge in [-0.1, -0.05) is 23.7 Å². The van der Waals surface area contributed by atoms with Crippen molar-refractivity contribution in [2.45, 2.75) is 5.75 Å². The summed E-state index contributed by atoms with van der Waals surface area (Å²) >= 11 is 5.78. The van der Waals surface area contributed by atoms with Crippen molar-refractivity contribution in [3.05, 3.63) is 41.0 Å². The molecule has 0 radical (unpaired) electrons. The van der Waals surface area contributed by atoms with E-state index in [0.717, 1.165) is 5.56 Å². The van der Waals surface area contributed by atoms with Crippen LogP contribution in [0.2, 0.25) is 5.02 Å². The largest absolute Gasteiger partial charge is 0.281 e. The van der Waals surface area contributed by atoms with Crippen LogP contribution >= 0.6 is 11.6 Å². The van der Waals surface area contributed by atoms with Gasteiger partial charge in [-0.3, -0.25) is 5.10 Å². The van der Waals surface area contributed by atoms with E-state index in [0.29, 0.717) is 16.4 Å². The molecule has 0 spiro atoms. The Balaban J connectivity index is 2.27. The van der Waals surface area contributed by atoms with Gasteiger partial charge < -0.3 is 0 Å². The lowest BCUT2D eigenvalue weighted by Crippen LogP contribution is -2.00. The van der Waals surface area contributed by atoms with Gasteiger partial charge in [-0.05, 0) is 18.2 Å². The Hall–Kier alpha value is -1.33. The fraction of sp³-hybridized carbons (Fsp3) is 0.182. The Labute approximate surface area is 105 Å². The zero-order valence-corrected chi connectivity index (χ0v) is 10.7. The van der Waals surface area contributed by atoms with Crippen molar-refractivity contribution in [3.8, 4) is 11.3 Å². The maximum absolute atomic E-state index is 11.1. The van der Waals surface area contributed by atoms with Gasteiger partial charge in [0.25, 0.3) is 0 Å². The van der Waals surface area contributed by atoms with Gasteiger partial charge in [0.15, 0.2) is 9.84 Å². The topological polar surface area (TPSA) is 62.8 Å². The number of nitrogens with zero attached hydrogens (tertiary/aromatic N) is 1. The highest BCUT2D eigenvalue weighted by Gasteiger charge is 2.09. The molecule has 0 saturated heterocycles. The third-order valence-corrected chi connectivity index (χ3v) is 3.28. The fourth-order valence-electron chi connectivity index (χ4n) is 1.49. The van der Waals surface area contributed by atoms with E-state index < -0.39 is 9.84 Å². The minimum Gasteiger partial charge on any atom is -0.281 e. The van der Waals surface area contributed by atoms with Gasteiger partial charge in [-0.15, -0.1) is 0 Å². The van der Waals surface area contributed by atoms with Gasteiger partial charge in [-0.25, -0.2) is 8.42 Å². The van der Waals surface area contributed by atoms with Crippen molar-refractivity contribution in [2.24, 2.45) is 0 Å². The summed E-state index contributed by atoms with van der Waals surface area (Å²) in [6.45, 7) is 0. The lowest BCUT2D eigenvalue weighted by atomic mass is 10.1. The molecule has 0 bridgehead atoms. The first kappa shape index (κ1) is 12.1. The molecule has 1 aromatic heterocycles. The minimum absolute atomic E-state index is 0.0341. The van der Waals surface area contributed by atoms with Crippen molar-refractivity contribution in [3.63, 3.8) is 0 Å². The van der Waals surface area contributed by atoms with Crippen LogP contribution < -0.4 is 0 Å². The summed E-state index contributed by atoms with van der Waals surface area (Å²) in [6, 6.07) is 8.93. The van der Waals surface area contributed by atoms with Crippen molar-refractivity contribution in [1.82, 2.24) is 10.2 Å². The Morgan fingerprint density at radius 3 is 2.53 bits per heavy atom. The molecule has 0 unspecified atom stereocenters. The second-order valence-electron chi connectivity index (χ2n) is 3.86. The van der Waals surface area contributed by atoms with E-state index in [1.165, 1.54) is 6.26 Å². The molecule has 0 fully saturated rings. The highest BCUT2D eigenvalue weighted by molar-refractivity contribution is 7.89. The van der Waals surface area contributed by atoms with E-state index in [1.54, 1.807) is 18.2 Å². The van der Waals surface area contributed by atoms with E-state index in [4.69, 9.17) is 11.6 Å². The molecule has 4 nitrogen and oxygen atoms in total. The van der Waals surface area contributed by atoms with Crippen LogP contribution in [0.4, 0.5) is 0 Å². The maximum atomic E-state index is 11.1. The fourth-order valence-corrected chi connectivity index (χ4v) is 2.33. The molecular weight excluding hydrogens is 260 g/mol. The Morgan fingerprint density at radius 1 is 1.29 bits per heavy atom. The Kier molecular flexibility index (Phi) is 3.22. The number of aromatic amines is 1. The number of hydrogen-bond acceptors (Lipinski definition) is 3. The summed E-state index contributed by atoms with van der Waals surface area (Å²) in [4.78, 5) is 0. The summed E-state index contributed by atoms with van der Waals surface area (Å²) in [5, 5.41) is 7.43. The second-order valence-corrected chi connectivity index (χ2v) is 6.43. The molecule has 0 aliphatic carbocycles. The van der Waals surface area contributed by atoms with E-state index in [1.807, 2.05) is 12.1 Å². The van der Waals surface area contributed by atoms with Crippen LogP contribution in [0.15, 0.2) is 30.3 Å². The third-order valence-electron chi connectivity index (χ3n) is 2.19. The van der Waals surface area contributed by atoms with Gasteiger partial charge in [-0.2, -0.15) is 5.10 Å². The molecule has 1 N–H and O–H groups in total. The standard InChI is InChI=1S/C11H11ClN2O2S/c1-17(15,16)7-10-6-11(14-13-10)8-2-4-9(12)5-3-8/h2-6H,7H2,1H3,(H,13,14). The molecule has 1 heterocycles. The van der Waals surface area contributed by atoms with Crippen LogP contribution in [0, 0.1) is 0 Å². The predicted molar refractivity (Wildman–Crippen MR) is 67.6 cm³/mol. The van der Waals surface area contributed by atoms with Gasteiger partial charge in [0.2, 0.25) is 0 Å². The molecule has 0 aliphatic heterocycles. The number of H-pyrrole nitrogens is 1.